The van der Waals surface area contributed by atoms with E-state index in [1.165, 1.54) is 17.7 Å². The molecule has 2 heterocycles. The summed E-state index contributed by atoms with van der Waals surface area (Å²) in [6, 6.07) is 7.96. The second-order valence-corrected chi connectivity index (χ2v) is 5.82. The molecule has 24 heavy (non-hydrogen) atoms. The fraction of sp³-hybridized carbons (Fsp3) is 0.353. The molecule has 1 aliphatic rings. The highest BCUT2D eigenvalue weighted by Crippen LogP contribution is 2.22. The minimum absolute atomic E-state index is 0.0180. The van der Waals surface area contributed by atoms with Crippen molar-refractivity contribution in [3.8, 4) is 11.3 Å². The molecule has 0 saturated carbocycles. The molecule has 0 radical (unpaired) electrons. The van der Waals surface area contributed by atoms with Crippen LogP contribution >= 0.6 is 0 Å². The van der Waals surface area contributed by atoms with Crippen LogP contribution in [0.1, 0.15) is 17.4 Å². The van der Waals surface area contributed by atoms with Crippen LogP contribution in [0.5, 0.6) is 0 Å². The van der Waals surface area contributed by atoms with Crippen LogP contribution in [0.2, 0.25) is 0 Å². The predicted octanol–water partition coefficient (Wildman–Crippen LogP) is 1.53. The molecule has 1 aromatic carbocycles. The zero-order chi connectivity index (χ0) is 17.3. The number of aryl methyl sites for hydroxylation is 1. The highest BCUT2D eigenvalue weighted by molar-refractivity contribution is 5.94. The topological polar surface area (TPSA) is 58.4 Å². The molecule has 1 fully saturated rings. The summed E-state index contributed by atoms with van der Waals surface area (Å²) in [5.74, 6) is -0.509. The molecule has 0 unspecified atom stereocenters. The first-order chi connectivity index (χ1) is 11.5. The largest absolute Gasteiger partial charge is 0.339 e. The molecule has 0 atom stereocenters. The van der Waals surface area contributed by atoms with Crippen LogP contribution < -0.4 is 0 Å². The first-order valence-corrected chi connectivity index (χ1v) is 7.81. The maximum Gasteiger partial charge on any atom is 0.272 e. The van der Waals surface area contributed by atoms with Crippen molar-refractivity contribution in [1.82, 2.24) is 19.6 Å². The van der Waals surface area contributed by atoms with Crippen LogP contribution in [0.25, 0.3) is 11.3 Å². The van der Waals surface area contributed by atoms with Gasteiger partial charge < -0.3 is 9.80 Å². The van der Waals surface area contributed by atoms with Gasteiger partial charge in [-0.25, -0.2) is 4.39 Å². The van der Waals surface area contributed by atoms with Crippen LogP contribution in [0.3, 0.4) is 0 Å². The molecular weight excluding hydrogens is 311 g/mol. The maximum atomic E-state index is 13.9. The third-order valence-electron chi connectivity index (χ3n) is 4.26. The van der Waals surface area contributed by atoms with E-state index >= 15 is 0 Å². The summed E-state index contributed by atoms with van der Waals surface area (Å²) < 4.78 is 15.4. The lowest BCUT2D eigenvalue weighted by Gasteiger charge is -2.34. The summed E-state index contributed by atoms with van der Waals surface area (Å²) in [6.07, 6.45) is 0. The van der Waals surface area contributed by atoms with Crippen molar-refractivity contribution in [2.75, 3.05) is 26.2 Å². The van der Waals surface area contributed by atoms with E-state index in [0.717, 1.165) is 0 Å². The van der Waals surface area contributed by atoms with E-state index < -0.39 is 0 Å². The average Bonchev–Trinajstić information content (AvgIpc) is 2.96. The number of rotatable bonds is 2. The highest BCUT2D eigenvalue weighted by Gasteiger charge is 2.26. The molecule has 0 aliphatic carbocycles. The zero-order valence-corrected chi connectivity index (χ0v) is 13.7. The number of piperazine rings is 1. The number of amides is 2. The Morgan fingerprint density at radius 1 is 1.08 bits per heavy atom. The molecule has 1 saturated heterocycles. The third kappa shape index (κ3) is 3.02. The van der Waals surface area contributed by atoms with Crippen molar-refractivity contribution in [3.05, 3.63) is 41.8 Å². The molecule has 2 amide bonds. The van der Waals surface area contributed by atoms with Crippen LogP contribution in [0.4, 0.5) is 4.39 Å². The van der Waals surface area contributed by atoms with Gasteiger partial charge in [-0.2, -0.15) is 5.10 Å². The van der Waals surface area contributed by atoms with Gasteiger partial charge in [-0.3, -0.25) is 14.3 Å². The van der Waals surface area contributed by atoms with Gasteiger partial charge in [0.15, 0.2) is 0 Å². The second kappa shape index (κ2) is 6.43. The Balaban J connectivity index is 1.80. The number of nitrogens with zero attached hydrogens (tertiary/aromatic N) is 4. The van der Waals surface area contributed by atoms with Crippen LogP contribution in [0, 0.1) is 5.82 Å². The van der Waals surface area contributed by atoms with Gasteiger partial charge in [0.1, 0.15) is 11.5 Å². The Morgan fingerprint density at radius 2 is 1.71 bits per heavy atom. The molecule has 2 aromatic rings. The molecule has 0 N–H and O–H groups in total. The molecule has 0 spiro atoms. The smallest absolute Gasteiger partial charge is 0.272 e. The molecule has 126 valence electrons. The quantitative estimate of drug-likeness (QED) is 0.839. The number of carbonyl (C=O) groups excluding carboxylic acids is 2. The van der Waals surface area contributed by atoms with Gasteiger partial charge in [0.25, 0.3) is 5.91 Å². The van der Waals surface area contributed by atoms with Crippen LogP contribution in [-0.2, 0) is 11.8 Å². The van der Waals surface area contributed by atoms with Gasteiger partial charge in [0.2, 0.25) is 5.91 Å². The van der Waals surface area contributed by atoms with E-state index in [-0.39, 0.29) is 17.6 Å². The van der Waals surface area contributed by atoms with Gasteiger partial charge in [0, 0.05) is 45.7 Å². The van der Waals surface area contributed by atoms with E-state index in [1.54, 1.807) is 41.1 Å². The fourth-order valence-electron chi connectivity index (χ4n) is 2.85. The van der Waals surface area contributed by atoms with Crippen molar-refractivity contribution in [2.45, 2.75) is 6.92 Å². The van der Waals surface area contributed by atoms with E-state index in [2.05, 4.69) is 5.10 Å². The summed E-state index contributed by atoms with van der Waals surface area (Å²) in [5, 5.41) is 4.27. The van der Waals surface area contributed by atoms with E-state index in [9.17, 15) is 14.0 Å². The van der Waals surface area contributed by atoms with Gasteiger partial charge in [0.05, 0.1) is 5.69 Å². The van der Waals surface area contributed by atoms with Crippen LogP contribution in [-0.4, -0.2) is 57.6 Å². The highest BCUT2D eigenvalue weighted by atomic mass is 19.1. The number of benzene rings is 1. The summed E-state index contributed by atoms with van der Waals surface area (Å²) in [5.41, 5.74) is 1.21. The Hall–Kier alpha value is -2.70. The Kier molecular flexibility index (Phi) is 4.33. The molecular formula is C17H19FN4O2. The van der Waals surface area contributed by atoms with Crippen molar-refractivity contribution in [3.63, 3.8) is 0 Å². The zero-order valence-electron chi connectivity index (χ0n) is 13.7. The standard InChI is InChI=1S/C17H19FN4O2/c1-12(23)21-7-9-22(10-8-21)17(24)16-11-15(19-20(16)2)13-5-3-4-6-14(13)18/h3-6,11H,7-10H2,1-2H3. The molecule has 0 bridgehead atoms. The number of aromatic nitrogens is 2. The fourth-order valence-corrected chi connectivity index (χ4v) is 2.85. The van der Waals surface area contributed by atoms with E-state index in [4.69, 9.17) is 0 Å². The summed E-state index contributed by atoms with van der Waals surface area (Å²) in [4.78, 5) is 27.5. The van der Waals surface area contributed by atoms with Crippen molar-refractivity contribution >= 4 is 11.8 Å². The van der Waals surface area contributed by atoms with Gasteiger partial charge in [-0.05, 0) is 18.2 Å². The van der Waals surface area contributed by atoms with Crippen molar-refractivity contribution in [2.24, 2.45) is 7.05 Å². The van der Waals surface area contributed by atoms with Crippen molar-refractivity contribution < 1.29 is 14.0 Å². The van der Waals surface area contributed by atoms with Gasteiger partial charge >= 0.3 is 0 Å². The van der Waals surface area contributed by atoms with E-state index in [1.807, 2.05) is 0 Å². The SMILES string of the molecule is CC(=O)N1CCN(C(=O)c2cc(-c3ccccc3F)nn2C)CC1. The maximum absolute atomic E-state index is 13.9. The van der Waals surface area contributed by atoms with E-state index in [0.29, 0.717) is 43.1 Å². The molecule has 1 aliphatic heterocycles. The van der Waals surface area contributed by atoms with Gasteiger partial charge in [-0.15, -0.1) is 0 Å². The first-order valence-electron chi connectivity index (χ1n) is 7.81. The Labute approximate surface area is 139 Å². The first kappa shape index (κ1) is 16.2. The Bertz CT molecular complexity index is 779. The minimum atomic E-state index is -0.371. The lowest BCUT2D eigenvalue weighted by Crippen LogP contribution is -2.50. The second-order valence-electron chi connectivity index (χ2n) is 5.82. The monoisotopic (exact) mass is 330 g/mol. The summed E-state index contributed by atoms with van der Waals surface area (Å²) in [7, 11) is 1.67. The van der Waals surface area contributed by atoms with Crippen molar-refractivity contribution in [1.29, 1.82) is 0 Å². The normalized spacial score (nSPS) is 14.8. The minimum Gasteiger partial charge on any atom is -0.339 e. The molecule has 7 heteroatoms. The Morgan fingerprint density at radius 3 is 2.33 bits per heavy atom. The predicted molar refractivity (Wildman–Crippen MR) is 86.8 cm³/mol. The number of halogens is 1. The van der Waals surface area contributed by atoms with Crippen LogP contribution in [0.15, 0.2) is 30.3 Å². The third-order valence-corrected chi connectivity index (χ3v) is 4.26. The molecule has 1 aromatic heterocycles. The number of hydrogen-bond donors (Lipinski definition) is 0. The number of hydrogen-bond acceptors (Lipinski definition) is 3. The molecule has 3 rings (SSSR count). The molecule has 6 nitrogen and oxygen atoms in total. The number of carbonyl (C=O) groups is 2. The summed E-state index contributed by atoms with van der Waals surface area (Å²) >= 11 is 0. The lowest BCUT2D eigenvalue weighted by atomic mass is 10.1. The lowest BCUT2D eigenvalue weighted by molar-refractivity contribution is -0.130. The average molecular weight is 330 g/mol. The van der Waals surface area contributed by atoms with Gasteiger partial charge in [-0.1, -0.05) is 12.1 Å². The summed E-state index contributed by atoms with van der Waals surface area (Å²) in [6.45, 7) is 3.55.